The van der Waals surface area contributed by atoms with E-state index in [0.717, 1.165) is 13.1 Å². The van der Waals surface area contributed by atoms with Crippen molar-refractivity contribution in [3.05, 3.63) is 30.5 Å². The topological polar surface area (TPSA) is 22.3 Å². The molecule has 3 nitrogen and oxygen atoms in total. The minimum absolute atomic E-state index is 1.15. The monoisotopic (exact) mass is 271 g/mol. The maximum absolute atomic E-state index is 3.38. The molecule has 1 aromatic heterocycles. The fourth-order valence-electron chi connectivity index (χ4n) is 3.12. The van der Waals surface area contributed by atoms with E-state index in [1.165, 1.54) is 55.5 Å². The van der Waals surface area contributed by atoms with Crippen LogP contribution in [0.1, 0.15) is 26.2 Å². The van der Waals surface area contributed by atoms with Crippen molar-refractivity contribution in [1.29, 1.82) is 0 Å². The zero-order valence-corrected chi connectivity index (χ0v) is 12.4. The molecule has 0 saturated carbocycles. The predicted octanol–water partition coefficient (Wildman–Crippen LogP) is 3.48. The number of nitrogens with zero attached hydrogens (tertiary/aromatic N) is 2. The lowest BCUT2D eigenvalue weighted by Gasteiger charge is -2.35. The summed E-state index contributed by atoms with van der Waals surface area (Å²) < 4.78 is 0. The lowest BCUT2D eigenvalue weighted by molar-refractivity contribution is 0.253. The number of hydrogen-bond donors (Lipinski definition) is 1. The third-order valence-corrected chi connectivity index (χ3v) is 4.36. The smallest absolute Gasteiger partial charge is 0.0624 e. The third kappa shape index (κ3) is 2.83. The summed E-state index contributed by atoms with van der Waals surface area (Å²) >= 11 is 0. The van der Waals surface area contributed by atoms with E-state index in [1.807, 2.05) is 0 Å². The molecule has 1 saturated heterocycles. The standard InChI is InChI=1S/C17H25N3/c1-2-3-6-9-19-10-12-20(13-11-19)17-14-18-16-8-5-4-7-15(16)17/h4-5,7-8,14,18H,2-3,6,9-13H2,1H3. The summed E-state index contributed by atoms with van der Waals surface area (Å²) in [5.41, 5.74) is 2.61. The number of benzene rings is 1. The Morgan fingerprint density at radius 3 is 2.65 bits per heavy atom. The van der Waals surface area contributed by atoms with Crippen LogP contribution in [0.2, 0.25) is 0 Å². The number of unbranched alkanes of at least 4 members (excludes halogenated alkanes) is 2. The molecule has 20 heavy (non-hydrogen) atoms. The van der Waals surface area contributed by atoms with E-state index in [9.17, 15) is 0 Å². The SMILES string of the molecule is CCCCCN1CCN(c2c[nH]c3ccccc23)CC1. The number of anilines is 1. The molecule has 1 aliphatic heterocycles. The van der Waals surface area contributed by atoms with Gasteiger partial charge in [0.2, 0.25) is 0 Å². The number of rotatable bonds is 5. The van der Waals surface area contributed by atoms with E-state index in [1.54, 1.807) is 0 Å². The van der Waals surface area contributed by atoms with Crippen molar-refractivity contribution >= 4 is 16.6 Å². The van der Waals surface area contributed by atoms with Crippen LogP contribution in [0.25, 0.3) is 10.9 Å². The molecule has 0 aliphatic carbocycles. The van der Waals surface area contributed by atoms with Crippen molar-refractivity contribution in [3.63, 3.8) is 0 Å². The van der Waals surface area contributed by atoms with E-state index in [0.29, 0.717) is 0 Å². The zero-order chi connectivity index (χ0) is 13.8. The molecule has 1 N–H and O–H groups in total. The summed E-state index contributed by atoms with van der Waals surface area (Å²) in [6, 6.07) is 8.59. The number of fused-ring (bicyclic) bond motifs is 1. The van der Waals surface area contributed by atoms with Crippen molar-refractivity contribution in [2.45, 2.75) is 26.2 Å². The van der Waals surface area contributed by atoms with Crippen LogP contribution in [0.5, 0.6) is 0 Å². The summed E-state index contributed by atoms with van der Waals surface area (Å²) in [7, 11) is 0. The van der Waals surface area contributed by atoms with Crippen LogP contribution in [-0.4, -0.2) is 42.6 Å². The fourth-order valence-corrected chi connectivity index (χ4v) is 3.12. The maximum Gasteiger partial charge on any atom is 0.0624 e. The number of piperazine rings is 1. The Kier molecular flexibility index (Phi) is 4.26. The average Bonchev–Trinajstić information content (AvgIpc) is 2.92. The summed E-state index contributed by atoms with van der Waals surface area (Å²) in [5.74, 6) is 0. The fraction of sp³-hybridized carbons (Fsp3) is 0.529. The van der Waals surface area contributed by atoms with E-state index in [-0.39, 0.29) is 0 Å². The van der Waals surface area contributed by atoms with Gasteiger partial charge in [-0.05, 0) is 19.0 Å². The quantitative estimate of drug-likeness (QED) is 0.841. The number of aromatic nitrogens is 1. The Morgan fingerprint density at radius 1 is 1.05 bits per heavy atom. The first kappa shape index (κ1) is 13.5. The summed E-state index contributed by atoms with van der Waals surface area (Å²) in [5, 5.41) is 1.35. The molecule has 0 unspecified atom stereocenters. The van der Waals surface area contributed by atoms with Crippen molar-refractivity contribution in [2.24, 2.45) is 0 Å². The number of para-hydroxylation sites is 1. The highest BCUT2D eigenvalue weighted by atomic mass is 15.3. The Hall–Kier alpha value is -1.48. The highest BCUT2D eigenvalue weighted by Crippen LogP contribution is 2.27. The van der Waals surface area contributed by atoms with Gasteiger partial charge in [0.25, 0.3) is 0 Å². The predicted molar refractivity (Wildman–Crippen MR) is 86.5 cm³/mol. The number of hydrogen-bond acceptors (Lipinski definition) is 2. The zero-order valence-electron chi connectivity index (χ0n) is 12.4. The van der Waals surface area contributed by atoms with E-state index < -0.39 is 0 Å². The van der Waals surface area contributed by atoms with Crippen molar-refractivity contribution in [3.8, 4) is 0 Å². The Bertz CT molecular complexity index is 538. The Morgan fingerprint density at radius 2 is 1.85 bits per heavy atom. The van der Waals surface area contributed by atoms with E-state index >= 15 is 0 Å². The van der Waals surface area contributed by atoms with E-state index in [2.05, 4.69) is 52.2 Å². The second-order valence-corrected chi connectivity index (χ2v) is 5.76. The second kappa shape index (κ2) is 6.31. The highest BCUT2D eigenvalue weighted by molar-refractivity contribution is 5.92. The van der Waals surface area contributed by atoms with Crippen LogP contribution in [0.3, 0.4) is 0 Å². The minimum atomic E-state index is 1.15. The highest BCUT2D eigenvalue weighted by Gasteiger charge is 2.18. The molecular formula is C17H25N3. The molecule has 0 amide bonds. The van der Waals surface area contributed by atoms with Crippen LogP contribution < -0.4 is 4.90 Å². The van der Waals surface area contributed by atoms with Crippen LogP contribution in [0, 0.1) is 0 Å². The lowest BCUT2D eigenvalue weighted by atomic mass is 10.2. The summed E-state index contributed by atoms with van der Waals surface area (Å²) in [6.07, 6.45) is 6.19. The molecule has 1 aromatic carbocycles. The molecule has 1 fully saturated rings. The molecule has 0 atom stereocenters. The van der Waals surface area contributed by atoms with Gasteiger partial charge in [0.1, 0.15) is 0 Å². The van der Waals surface area contributed by atoms with Crippen LogP contribution >= 0.6 is 0 Å². The van der Waals surface area contributed by atoms with Gasteiger partial charge in [-0.1, -0.05) is 38.0 Å². The van der Waals surface area contributed by atoms with Gasteiger partial charge < -0.3 is 9.88 Å². The molecule has 2 heterocycles. The molecular weight excluding hydrogens is 246 g/mol. The average molecular weight is 271 g/mol. The molecule has 0 bridgehead atoms. The van der Waals surface area contributed by atoms with Crippen molar-refractivity contribution in [1.82, 2.24) is 9.88 Å². The van der Waals surface area contributed by atoms with Crippen LogP contribution in [0.15, 0.2) is 30.5 Å². The first-order valence-corrected chi connectivity index (χ1v) is 7.92. The number of aromatic amines is 1. The van der Waals surface area contributed by atoms with Gasteiger partial charge in [-0.3, -0.25) is 4.90 Å². The number of nitrogens with one attached hydrogen (secondary N) is 1. The molecule has 0 radical (unpaired) electrons. The molecule has 3 rings (SSSR count). The largest absolute Gasteiger partial charge is 0.367 e. The van der Waals surface area contributed by atoms with E-state index in [4.69, 9.17) is 0 Å². The Balaban J connectivity index is 1.60. The number of H-pyrrole nitrogens is 1. The molecule has 0 spiro atoms. The van der Waals surface area contributed by atoms with Gasteiger partial charge in [-0.2, -0.15) is 0 Å². The first-order valence-electron chi connectivity index (χ1n) is 7.92. The maximum atomic E-state index is 3.38. The van der Waals surface area contributed by atoms with Gasteiger partial charge >= 0.3 is 0 Å². The van der Waals surface area contributed by atoms with Crippen molar-refractivity contribution < 1.29 is 0 Å². The van der Waals surface area contributed by atoms with Crippen LogP contribution in [0.4, 0.5) is 5.69 Å². The van der Waals surface area contributed by atoms with Gasteiger partial charge in [0.15, 0.2) is 0 Å². The third-order valence-electron chi connectivity index (χ3n) is 4.36. The first-order chi connectivity index (χ1) is 9.88. The minimum Gasteiger partial charge on any atom is -0.367 e. The van der Waals surface area contributed by atoms with Gasteiger partial charge in [0.05, 0.1) is 5.69 Å². The molecule has 3 heteroatoms. The van der Waals surface area contributed by atoms with Gasteiger partial charge in [-0.25, -0.2) is 0 Å². The normalized spacial score (nSPS) is 16.9. The van der Waals surface area contributed by atoms with Crippen molar-refractivity contribution in [2.75, 3.05) is 37.6 Å². The second-order valence-electron chi connectivity index (χ2n) is 5.76. The van der Waals surface area contributed by atoms with Gasteiger partial charge in [0, 0.05) is 43.3 Å². The molecule has 108 valence electrons. The lowest BCUT2D eigenvalue weighted by Crippen LogP contribution is -2.46. The molecule has 1 aliphatic rings. The molecule has 2 aromatic rings. The Labute approximate surface area is 121 Å². The summed E-state index contributed by atoms with van der Waals surface area (Å²) in [4.78, 5) is 8.52. The van der Waals surface area contributed by atoms with Crippen LogP contribution in [-0.2, 0) is 0 Å². The summed E-state index contributed by atoms with van der Waals surface area (Å²) in [6.45, 7) is 8.24. The van der Waals surface area contributed by atoms with Gasteiger partial charge in [-0.15, -0.1) is 0 Å².